The number of nitrogens with zero attached hydrogens (tertiary/aromatic N) is 4. The number of carbonyl (C=O) groups is 1. The van der Waals surface area contributed by atoms with E-state index >= 15 is 0 Å². The summed E-state index contributed by atoms with van der Waals surface area (Å²) in [7, 11) is 1.77. The van der Waals surface area contributed by atoms with Gasteiger partial charge in [-0.1, -0.05) is 0 Å². The Balaban J connectivity index is 1.45. The number of rotatable bonds is 6. The molecule has 34 heavy (non-hydrogen) atoms. The maximum Gasteiger partial charge on any atom is 0.410 e. The second-order valence-electron chi connectivity index (χ2n) is 8.72. The molecule has 1 atom stereocenters. The van der Waals surface area contributed by atoms with Gasteiger partial charge in [-0.2, -0.15) is 5.10 Å². The number of amides is 1. The molecule has 1 unspecified atom stereocenters. The number of anilines is 2. The number of nitrogens with one attached hydrogen (secondary N) is 2. The zero-order valence-corrected chi connectivity index (χ0v) is 20.5. The number of aromatic nitrogens is 4. The molecule has 5 rings (SSSR count). The first-order valence-electron chi connectivity index (χ1n) is 11.5. The number of aromatic amines is 1. The summed E-state index contributed by atoms with van der Waals surface area (Å²) >= 11 is 1.65. The summed E-state index contributed by atoms with van der Waals surface area (Å²) in [6, 6.07) is 4.06. The summed E-state index contributed by atoms with van der Waals surface area (Å²) in [6.45, 7) is 6.45. The van der Waals surface area contributed by atoms with E-state index in [1.807, 2.05) is 32.9 Å². The molecule has 10 heteroatoms. The van der Waals surface area contributed by atoms with Crippen LogP contribution in [-0.2, 0) is 17.6 Å². The highest BCUT2D eigenvalue weighted by Crippen LogP contribution is 2.41. The Kier molecular flexibility index (Phi) is 5.99. The molecule has 4 aromatic rings. The van der Waals surface area contributed by atoms with Gasteiger partial charge in [0.2, 0.25) is 0 Å². The van der Waals surface area contributed by atoms with E-state index in [1.165, 1.54) is 10.4 Å². The van der Waals surface area contributed by atoms with Gasteiger partial charge in [-0.25, -0.2) is 14.8 Å². The first-order valence-corrected chi connectivity index (χ1v) is 12.3. The van der Waals surface area contributed by atoms with E-state index in [0.29, 0.717) is 13.0 Å². The Morgan fingerprint density at radius 1 is 1.35 bits per heavy atom. The predicted molar refractivity (Wildman–Crippen MR) is 133 cm³/mol. The topological polar surface area (TPSA) is 105 Å². The van der Waals surface area contributed by atoms with Crippen LogP contribution in [0.25, 0.3) is 21.1 Å². The summed E-state index contributed by atoms with van der Waals surface area (Å²) in [4.78, 5) is 25.3. The number of H-pyrrole nitrogens is 1. The molecule has 9 nitrogen and oxygen atoms in total. The van der Waals surface area contributed by atoms with Crippen LogP contribution in [0.15, 0.2) is 24.7 Å². The molecule has 0 aliphatic heterocycles. The van der Waals surface area contributed by atoms with Crippen LogP contribution in [0.5, 0.6) is 5.75 Å². The van der Waals surface area contributed by atoms with E-state index in [9.17, 15) is 4.79 Å². The number of aryl methyl sites for hydroxylation is 1. The van der Waals surface area contributed by atoms with E-state index in [1.54, 1.807) is 35.8 Å². The van der Waals surface area contributed by atoms with Crippen LogP contribution >= 0.6 is 11.3 Å². The number of carbonyl (C=O) groups excluding carboxylic acids is 1. The molecule has 2 N–H and O–H groups in total. The van der Waals surface area contributed by atoms with Crippen LogP contribution < -0.4 is 10.1 Å². The normalized spacial score (nSPS) is 15.5. The minimum atomic E-state index is -0.273. The molecule has 0 radical (unpaired) electrons. The van der Waals surface area contributed by atoms with E-state index < -0.39 is 0 Å². The van der Waals surface area contributed by atoms with E-state index in [-0.39, 0.29) is 18.2 Å². The zero-order chi connectivity index (χ0) is 23.8. The van der Waals surface area contributed by atoms with E-state index in [2.05, 4.69) is 25.5 Å². The average molecular weight is 481 g/mol. The summed E-state index contributed by atoms with van der Waals surface area (Å²) in [6.07, 6.45) is 5.24. The fourth-order valence-corrected chi connectivity index (χ4v) is 5.44. The minimum Gasteiger partial charge on any atom is -0.492 e. The molecule has 0 spiro atoms. The third-order valence-electron chi connectivity index (χ3n) is 6.22. The molecule has 0 saturated carbocycles. The maximum absolute atomic E-state index is 12.4. The molecule has 0 saturated heterocycles. The highest BCUT2D eigenvalue weighted by molar-refractivity contribution is 7.19. The second-order valence-corrected chi connectivity index (χ2v) is 9.81. The fraction of sp³-hybridized carbons (Fsp3) is 0.417. The van der Waals surface area contributed by atoms with Gasteiger partial charge in [-0.05, 0) is 45.2 Å². The SMILES string of the molecule is CCOc1cc2[nH]ncc2cc1Nc1ncnc2sc3c(c12)CCC(OC(=O)N(C)C(C)C)C3. The first kappa shape index (κ1) is 22.4. The van der Waals surface area contributed by atoms with Crippen molar-refractivity contribution in [1.82, 2.24) is 25.1 Å². The molecule has 0 fully saturated rings. The average Bonchev–Trinajstić information content (AvgIpc) is 3.42. The lowest BCUT2D eigenvalue weighted by Gasteiger charge is -2.27. The van der Waals surface area contributed by atoms with Gasteiger partial charge in [0, 0.05) is 35.8 Å². The van der Waals surface area contributed by atoms with Gasteiger partial charge < -0.3 is 19.7 Å². The smallest absolute Gasteiger partial charge is 0.410 e. The van der Waals surface area contributed by atoms with Gasteiger partial charge in [0.1, 0.15) is 28.8 Å². The third kappa shape index (κ3) is 4.13. The number of thiophene rings is 1. The van der Waals surface area contributed by atoms with Crippen molar-refractivity contribution in [2.75, 3.05) is 19.0 Å². The monoisotopic (exact) mass is 480 g/mol. The molecule has 1 aliphatic carbocycles. The molecule has 3 heterocycles. The summed E-state index contributed by atoms with van der Waals surface area (Å²) in [5.41, 5.74) is 2.98. The van der Waals surface area contributed by atoms with Crippen LogP contribution in [0.1, 0.15) is 37.6 Å². The van der Waals surface area contributed by atoms with Gasteiger partial charge >= 0.3 is 6.09 Å². The van der Waals surface area contributed by atoms with Crippen molar-refractivity contribution in [3.8, 4) is 5.75 Å². The summed E-state index contributed by atoms with van der Waals surface area (Å²) in [5.74, 6) is 1.48. The number of hydrogen-bond acceptors (Lipinski definition) is 8. The highest BCUT2D eigenvalue weighted by Gasteiger charge is 2.28. The van der Waals surface area contributed by atoms with Gasteiger partial charge in [-0.3, -0.25) is 5.10 Å². The first-order chi connectivity index (χ1) is 16.4. The second kappa shape index (κ2) is 9.09. The lowest BCUT2D eigenvalue weighted by Crippen LogP contribution is -2.37. The van der Waals surface area contributed by atoms with Crippen molar-refractivity contribution in [3.05, 3.63) is 35.1 Å². The van der Waals surface area contributed by atoms with Crippen molar-refractivity contribution in [2.24, 2.45) is 0 Å². The van der Waals surface area contributed by atoms with Crippen LogP contribution in [0.3, 0.4) is 0 Å². The quantitative estimate of drug-likeness (QED) is 0.398. The van der Waals surface area contributed by atoms with E-state index in [4.69, 9.17) is 9.47 Å². The zero-order valence-electron chi connectivity index (χ0n) is 19.7. The summed E-state index contributed by atoms with van der Waals surface area (Å²) in [5, 5.41) is 12.6. The molecular formula is C24H28N6O3S. The Bertz CT molecular complexity index is 1350. The Hall–Kier alpha value is -3.40. The number of benzene rings is 1. The van der Waals surface area contributed by atoms with Gasteiger partial charge in [-0.15, -0.1) is 11.3 Å². The van der Waals surface area contributed by atoms with Crippen molar-refractivity contribution < 1.29 is 14.3 Å². The lowest BCUT2D eigenvalue weighted by molar-refractivity contribution is 0.0569. The van der Waals surface area contributed by atoms with Gasteiger partial charge in [0.25, 0.3) is 0 Å². The van der Waals surface area contributed by atoms with Crippen molar-refractivity contribution in [1.29, 1.82) is 0 Å². The number of hydrogen-bond donors (Lipinski definition) is 2. The van der Waals surface area contributed by atoms with Crippen molar-refractivity contribution >= 4 is 50.1 Å². The maximum atomic E-state index is 12.4. The minimum absolute atomic E-state index is 0.0998. The number of ether oxygens (including phenoxy) is 2. The summed E-state index contributed by atoms with van der Waals surface area (Å²) < 4.78 is 11.7. The third-order valence-corrected chi connectivity index (χ3v) is 7.39. The van der Waals surface area contributed by atoms with Crippen molar-refractivity contribution in [2.45, 2.75) is 52.2 Å². The van der Waals surface area contributed by atoms with E-state index in [0.717, 1.165) is 51.2 Å². The van der Waals surface area contributed by atoms with Crippen LogP contribution in [0.4, 0.5) is 16.3 Å². The molecule has 3 aromatic heterocycles. The standard InChI is InChI=1S/C24H28N6O3S/c1-5-32-19-10-17-14(11-27-29-17)8-18(19)28-22-21-16-7-6-15(33-24(31)30(4)13(2)3)9-20(16)34-23(21)26-12-25-22/h8,10-13,15H,5-7,9H2,1-4H3,(H,27,29)(H,25,26,28). The molecule has 0 bridgehead atoms. The van der Waals surface area contributed by atoms with Gasteiger partial charge in [0.15, 0.2) is 0 Å². The highest BCUT2D eigenvalue weighted by atomic mass is 32.1. The Labute approximate surface area is 201 Å². The van der Waals surface area contributed by atoms with Crippen LogP contribution in [0, 0.1) is 0 Å². The van der Waals surface area contributed by atoms with Crippen LogP contribution in [-0.4, -0.2) is 57.0 Å². The van der Waals surface area contributed by atoms with Crippen LogP contribution in [0.2, 0.25) is 0 Å². The molecular weight excluding hydrogens is 452 g/mol. The Morgan fingerprint density at radius 2 is 2.21 bits per heavy atom. The number of fused-ring (bicyclic) bond motifs is 4. The predicted octanol–water partition coefficient (Wildman–Crippen LogP) is 5.04. The molecule has 1 aromatic carbocycles. The largest absolute Gasteiger partial charge is 0.492 e. The fourth-order valence-electron chi connectivity index (χ4n) is 4.18. The lowest BCUT2D eigenvalue weighted by atomic mass is 9.94. The Morgan fingerprint density at radius 3 is 3.00 bits per heavy atom. The van der Waals surface area contributed by atoms with Gasteiger partial charge in [0.05, 0.1) is 29.4 Å². The van der Waals surface area contributed by atoms with Crippen molar-refractivity contribution in [3.63, 3.8) is 0 Å². The molecule has 1 amide bonds. The molecule has 178 valence electrons. The molecule has 1 aliphatic rings.